The number of fused-ring (bicyclic) bond motifs is 1. The van der Waals surface area contributed by atoms with Crippen molar-refractivity contribution in [1.29, 1.82) is 5.26 Å². The number of benzene rings is 1. The molecule has 1 fully saturated rings. The molecule has 0 spiro atoms. The van der Waals surface area contributed by atoms with E-state index < -0.39 is 0 Å². The van der Waals surface area contributed by atoms with E-state index >= 15 is 0 Å². The fourth-order valence-electron chi connectivity index (χ4n) is 2.84. The molecule has 1 aromatic heterocycles. The third-order valence-electron chi connectivity index (χ3n) is 3.81. The van der Waals surface area contributed by atoms with Gasteiger partial charge in [0.2, 0.25) is 0 Å². The van der Waals surface area contributed by atoms with E-state index in [0.29, 0.717) is 11.6 Å². The first-order chi connectivity index (χ1) is 9.76. The van der Waals surface area contributed by atoms with Crippen molar-refractivity contribution in [2.24, 2.45) is 0 Å². The Morgan fingerprint density at radius 3 is 3.05 bits per heavy atom. The number of rotatable bonds is 2. The normalized spacial score (nSPS) is 19.7. The molecule has 4 nitrogen and oxygen atoms in total. The average molecular weight is 266 g/mol. The van der Waals surface area contributed by atoms with Crippen LogP contribution in [0.15, 0.2) is 30.3 Å². The Hall–Kier alpha value is -2.12. The van der Waals surface area contributed by atoms with Crippen LogP contribution in [0.3, 0.4) is 0 Å². The fraction of sp³-hybridized carbons (Fsp3) is 0.375. The SMILES string of the molecule is CN1CCCC(Nc2cc(C#N)c3ccccc3n2)C1. The molecule has 1 N–H and O–H groups in total. The molecule has 1 aliphatic heterocycles. The molecule has 0 bridgehead atoms. The van der Waals surface area contributed by atoms with Gasteiger partial charge in [-0.3, -0.25) is 0 Å². The van der Waals surface area contributed by atoms with Crippen molar-refractivity contribution in [2.45, 2.75) is 18.9 Å². The van der Waals surface area contributed by atoms with E-state index in [4.69, 9.17) is 0 Å². The third-order valence-corrected chi connectivity index (χ3v) is 3.81. The number of para-hydroxylation sites is 1. The summed E-state index contributed by atoms with van der Waals surface area (Å²) in [5, 5.41) is 13.7. The lowest BCUT2D eigenvalue weighted by Crippen LogP contribution is -2.39. The molecule has 0 saturated carbocycles. The van der Waals surface area contributed by atoms with Crippen LogP contribution < -0.4 is 5.32 Å². The summed E-state index contributed by atoms with van der Waals surface area (Å²) in [4.78, 5) is 6.95. The Morgan fingerprint density at radius 1 is 1.40 bits per heavy atom. The molecule has 1 unspecified atom stereocenters. The van der Waals surface area contributed by atoms with Gasteiger partial charge >= 0.3 is 0 Å². The van der Waals surface area contributed by atoms with Gasteiger partial charge in [-0.25, -0.2) is 4.98 Å². The van der Waals surface area contributed by atoms with Crippen LogP contribution in [0, 0.1) is 11.3 Å². The van der Waals surface area contributed by atoms with Gasteiger partial charge in [0.1, 0.15) is 5.82 Å². The molecule has 0 radical (unpaired) electrons. The van der Waals surface area contributed by atoms with Crippen molar-refractivity contribution in [2.75, 3.05) is 25.5 Å². The average Bonchev–Trinajstić information content (AvgIpc) is 2.46. The van der Waals surface area contributed by atoms with Crippen LogP contribution in [-0.4, -0.2) is 36.1 Å². The molecule has 102 valence electrons. The molecule has 2 heterocycles. The van der Waals surface area contributed by atoms with Crippen LogP contribution in [0.25, 0.3) is 10.9 Å². The molecule has 3 rings (SSSR count). The molecule has 0 amide bonds. The fourth-order valence-corrected chi connectivity index (χ4v) is 2.84. The Kier molecular flexibility index (Phi) is 3.53. The Morgan fingerprint density at radius 2 is 2.25 bits per heavy atom. The minimum atomic E-state index is 0.411. The smallest absolute Gasteiger partial charge is 0.128 e. The van der Waals surface area contributed by atoms with Crippen molar-refractivity contribution in [3.8, 4) is 6.07 Å². The van der Waals surface area contributed by atoms with E-state index in [1.54, 1.807) is 0 Å². The number of hydrogen-bond acceptors (Lipinski definition) is 4. The van der Waals surface area contributed by atoms with E-state index in [2.05, 4.69) is 28.3 Å². The number of nitrogens with one attached hydrogen (secondary N) is 1. The second-order valence-electron chi connectivity index (χ2n) is 5.43. The van der Waals surface area contributed by atoms with Gasteiger partial charge in [0.25, 0.3) is 0 Å². The monoisotopic (exact) mass is 266 g/mol. The zero-order chi connectivity index (χ0) is 13.9. The lowest BCUT2D eigenvalue weighted by atomic mass is 10.1. The van der Waals surface area contributed by atoms with E-state index in [0.717, 1.165) is 36.2 Å². The molecule has 1 atom stereocenters. The van der Waals surface area contributed by atoms with Crippen molar-refractivity contribution in [3.05, 3.63) is 35.9 Å². The van der Waals surface area contributed by atoms with Crippen molar-refractivity contribution >= 4 is 16.7 Å². The second-order valence-corrected chi connectivity index (χ2v) is 5.43. The summed E-state index contributed by atoms with van der Waals surface area (Å²) in [7, 11) is 2.14. The highest BCUT2D eigenvalue weighted by molar-refractivity contribution is 5.86. The van der Waals surface area contributed by atoms with E-state index in [1.165, 1.54) is 6.42 Å². The number of piperidine rings is 1. The molecule has 0 aliphatic carbocycles. The summed E-state index contributed by atoms with van der Waals surface area (Å²) in [6.07, 6.45) is 2.35. The first-order valence-electron chi connectivity index (χ1n) is 7.01. The highest BCUT2D eigenvalue weighted by atomic mass is 15.1. The van der Waals surface area contributed by atoms with Crippen molar-refractivity contribution in [1.82, 2.24) is 9.88 Å². The molecule has 4 heteroatoms. The van der Waals surface area contributed by atoms with Crippen LogP contribution >= 0.6 is 0 Å². The maximum Gasteiger partial charge on any atom is 0.128 e. The quantitative estimate of drug-likeness (QED) is 0.907. The van der Waals surface area contributed by atoms with Crippen LogP contribution in [0.4, 0.5) is 5.82 Å². The van der Waals surface area contributed by atoms with Crippen LogP contribution in [-0.2, 0) is 0 Å². The summed E-state index contributed by atoms with van der Waals surface area (Å²) in [5.41, 5.74) is 1.56. The van der Waals surface area contributed by atoms with Gasteiger partial charge in [-0.1, -0.05) is 18.2 Å². The lowest BCUT2D eigenvalue weighted by Gasteiger charge is -2.30. The summed E-state index contributed by atoms with van der Waals surface area (Å²) < 4.78 is 0. The predicted octanol–water partition coefficient (Wildman–Crippen LogP) is 2.61. The highest BCUT2D eigenvalue weighted by Gasteiger charge is 2.17. The molecule has 1 saturated heterocycles. The van der Waals surface area contributed by atoms with Gasteiger partial charge in [-0.05, 0) is 38.6 Å². The molecule has 2 aromatic rings. The number of likely N-dealkylation sites (tertiary alicyclic amines) is 1. The summed E-state index contributed by atoms with van der Waals surface area (Å²) in [5.74, 6) is 0.806. The van der Waals surface area contributed by atoms with E-state index in [9.17, 15) is 5.26 Å². The predicted molar refractivity (Wildman–Crippen MR) is 80.6 cm³/mol. The largest absolute Gasteiger partial charge is 0.366 e. The first-order valence-corrected chi connectivity index (χ1v) is 7.01. The zero-order valence-electron chi connectivity index (χ0n) is 11.6. The van der Waals surface area contributed by atoms with Crippen LogP contribution in [0.1, 0.15) is 18.4 Å². The number of likely N-dealkylation sites (N-methyl/N-ethyl adjacent to an activating group) is 1. The topological polar surface area (TPSA) is 52.0 Å². The van der Waals surface area contributed by atoms with Crippen molar-refractivity contribution in [3.63, 3.8) is 0 Å². The maximum atomic E-state index is 9.29. The maximum absolute atomic E-state index is 9.29. The number of pyridine rings is 1. The Balaban J connectivity index is 1.90. The Labute approximate surface area is 119 Å². The third kappa shape index (κ3) is 2.59. The summed E-state index contributed by atoms with van der Waals surface area (Å²) in [6.45, 7) is 2.18. The summed E-state index contributed by atoms with van der Waals surface area (Å²) >= 11 is 0. The minimum absolute atomic E-state index is 0.411. The zero-order valence-corrected chi connectivity index (χ0v) is 11.6. The van der Waals surface area contributed by atoms with E-state index in [-0.39, 0.29) is 0 Å². The number of nitriles is 1. The summed E-state index contributed by atoms with van der Waals surface area (Å²) in [6, 6.07) is 12.3. The first kappa shape index (κ1) is 12.9. The van der Waals surface area contributed by atoms with Crippen LogP contribution in [0.2, 0.25) is 0 Å². The standard InChI is InChI=1S/C16H18N4/c1-20-8-4-5-13(11-20)18-16-9-12(10-17)14-6-2-3-7-15(14)19-16/h2-3,6-7,9,13H,4-5,8,11H2,1H3,(H,18,19). The lowest BCUT2D eigenvalue weighted by molar-refractivity contribution is 0.261. The minimum Gasteiger partial charge on any atom is -0.366 e. The van der Waals surface area contributed by atoms with Gasteiger partial charge in [0, 0.05) is 18.0 Å². The van der Waals surface area contributed by atoms with Crippen molar-refractivity contribution < 1.29 is 0 Å². The molecule has 1 aliphatic rings. The van der Waals surface area contributed by atoms with Gasteiger partial charge in [0.15, 0.2) is 0 Å². The van der Waals surface area contributed by atoms with Gasteiger partial charge in [-0.15, -0.1) is 0 Å². The number of hydrogen-bond donors (Lipinski definition) is 1. The van der Waals surface area contributed by atoms with Gasteiger partial charge in [-0.2, -0.15) is 5.26 Å². The van der Waals surface area contributed by atoms with Crippen LogP contribution in [0.5, 0.6) is 0 Å². The van der Waals surface area contributed by atoms with Gasteiger partial charge < -0.3 is 10.2 Å². The molecular formula is C16H18N4. The number of aromatic nitrogens is 1. The Bertz CT molecular complexity index is 659. The second kappa shape index (κ2) is 5.48. The molecular weight excluding hydrogens is 248 g/mol. The van der Waals surface area contributed by atoms with Gasteiger partial charge in [0.05, 0.1) is 17.1 Å². The molecule has 20 heavy (non-hydrogen) atoms. The molecule has 1 aromatic carbocycles. The number of anilines is 1. The number of nitrogens with zero attached hydrogens (tertiary/aromatic N) is 3. The van der Waals surface area contributed by atoms with E-state index in [1.807, 2.05) is 30.3 Å². The highest BCUT2D eigenvalue weighted by Crippen LogP contribution is 2.21.